The third kappa shape index (κ3) is 6.94. The van der Waals surface area contributed by atoms with E-state index in [4.69, 9.17) is 4.42 Å². The Labute approximate surface area is 373 Å². The molecule has 1 heterocycles. The molecule has 0 bridgehead atoms. The minimum absolute atomic E-state index is 0.0413. The summed E-state index contributed by atoms with van der Waals surface area (Å²) in [6, 6.07) is 90.6. The van der Waals surface area contributed by atoms with Gasteiger partial charge in [0.1, 0.15) is 11.2 Å². The van der Waals surface area contributed by atoms with Gasteiger partial charge in [0.05, 0.1) is 0 Å². The molecule has 0 radical (unpaired) electrons. The van der Waals surface area contributed by atoms with Crippen molar-refractivity contribution in [2.45, 2.75) is 5.92 Å². The molecular weight excluding hydrogens is 773 g/mol. The Morgan fingerprint density at radius 2 is 0.578 bits per heavy atom. The van der Waals surface area contributed by atoms with Gasteiger partial charge in [0.15, 0.2) is 0 Å². The van der Waals surface area contributed by atoms with Crippen molar-refractivity contribution in [3.8, 4) is 55.6 Å². The van der Waals surface area contributed by atoms with Gasteiger partial charge in [-0.25, -0.2) is 0 Å². The van der Waals surface area contributed by atoms with E-state index in [2.05, 4.69) is 237 Å². The van der Waals surface area contributed by atoms with Crippen LogP contribution in [0, 0.1) is 0 Å². The lowest BCUT2D eigenvalue weighted by molar-refractivity contribution is 0.669. The second-order valence-electron chi connectivity index (χ2n) is 16.9. The summed E-state index contributed by atoms with van der Waals surface area (Å²) in [7, 11) is 0. The average Bonchev–Trinajstić information content (AvgIpc) is 3.75. The SMILES string of the molecule is c1ccc(-c2ccc(-c3ccc(C(c4ccc(-c5ccc(-c6ccccc6)cc5)cc4)c4ccc5c(ccc6cc(-c7ccc8c(c7)oc7ccccc78)ccc65)c4)cc3)cc2)cc1. The summed E-state index contributed by atoms with van der Waals surface area (Å²) >= 11 is 0. The number of hydrogen-bond donors (Lipinski definition) is 0. The Morgan fingerprint density at radius 3 is 1.11 bits per heavy atom. The van der Waals surface area contributed by atoms with Gasteiger partial charge < -0.3 is 4.42 Å². The maximum absolute atomic E-state index is 6.24. The first kappa shape index (κ1) is 37.5. The van der Waals surface area contributed by atoms with Crippen molar-refractivity contribution in [3.63, 3.8) is 0 Å². The van der Waals surface area contributed by atoms with Crippen molar-refractivity contribution < 1.29 is 4.42 Å². The molecule has 0 saturated heterocycles. The zero-order valence-electron chi connectivity index (χ0n) is 35.2. The average molecular weight is 815 g/mol. The molecule has 0 aliphatic heterocycles. The molecule has 12 rings (SSSR count). The molecule has 1 aromatic heterocycles. The molecule has 0 amide bonds. The molecule has 64 heavy (non-hydrogen) atoms. The number of para-hydroxylation sites is 1. The lowest BCUT2D eigenvalue weighted by atomic mass is 9.83. The largest absolute Gasteiger partial charge is 0.456 e. The summed E-state index contributed by atoms with van der Waals surface area (Å²) in [6.07, 6.45) is 0. The molecule has 0 N–H and O–H groups in total. The van der Waals surface area contributed by atoms with Gasteiger partial charge in [-0.15, -0.1) is 0 Å². The van der Waals surface area contributed by atoms with Gasteiger partial charge in [-0.1, -0.05) is 224 Å². The van der Waals surface area contributed by atoms with Crippen LogP contribution < -0.4 is 0 Å². The third-order valence-corrected chi connectivity index (χ3v) is 13.0. The predicted octanol–water partition coefficient (Wildman–Crippen LogP) is 17.4. The van der Waals surface area contributed by atoms with Gasteiger partial charge in [-0.05, 0) is 118 Å². The molecule has 0 aliphatic rings. The molecule has 300 valence electrons. The van der Waals surface area contributed by atoms with Gasteiger partial charge in [-0.3, -0.25) is 0 Å². The molecule has 0 unspecified atom stereocenters. The maximum Gasteiger partial charge on any atom is 0.136 e. The van der Waals surface area contributed by atoms with Crippen LogP contribution in [0.2, 0.25) is 0 Å². The van der Waals surface area contributed by atoms with Crippen molar-refractivity contribution in [1.29, 1.82) is 0 Å². The van der Waals surface area contributed by atoms with Crippen LogP contribution in [0.15, 0.2) is 253 Å². The van der Waals surface area contributed by atoms with Gasteiger partial charge in [0, 0.05) is 16.7 Å². The van der Waals surface area contributed by atoms with E-state index in [1.807, 2.05) is 12.1 Å². The summed E-state index contributed by atoms with van der Waals surface area (Å²) in [5, 5.41) is 7.26. The number of hydrogen-bond acceptors (Lipinski definition) is 1. The van der Waals surface area contributed by atoms with E-state index in [1.54, 1.807) is 0 Å². The molecule has 1 nitrogen and oxygen atoms in total. The molecule has 0 aliphatic carbocycles. The topological polar surface area (TPSA) is 13.1 Å². The minimum Gasteiger partial charge on any atom is -0.456 e. The van der Waals surface area contributed by atoms with E-state index in [1.165, 1.54) is 88.3 Å². The van der Waals surface area contributed by atoms with Crippen LogP contribution in [0.3, 0.4) is 0 Å². The van der Waals surface area contributed by atoms with E-state index < -0.39 is 0 Å². The fraction of sp³-hybridized carbons (Fsp3) is 0.0159. The maximum atomic E-state index is 6.24. The molecule has 1 heteroatoms. The number of benzene rings is 11. The Bertz CT molecular complexity index is 3470. The lowest BCUT2D eigenvalue weighted by Gasteiger charge is -2.21. The summed E-state index contributed by atoms with van der Waals surface area (Å²) in [5.41, 5.74) is 17.7. The van der Waals surface area contributed by atoms with Crippen LogP contribution >= 0.6 is 0 Å². The fourth-order valence-corrected chi connectivity index (χ4v) is 9.64. The highest BCUT2D eigenvalue weighted by Crippen LogP contribution is 2.39. The summed E-state index contributed by atoms with van der Waals surface area (Å²) < 4.78 is 6.24. The van der Waals surface area contributed by atoms with Gasteiger partial charge in [-0.2, -0.15) is 0 Å². The van der Waals surface area contributed by atoms with Crippen LogP contribution in [0.5, 0.6) is 0 Å². The quantitative estimate of drug-likeness (QED) is 0.110. The van der Waals surface area contributed by atoms with Crippen molar-refractivity contribution >= 4 is 43.5 Å². The molecule has 0 fully saturated rings. The van der Waals surface area contributed by atoms with Gasteiger partial charge >= 0.3 is 0 Å². The van der Waals surface area contributed by atoms with E-state index in [-0.39, 0.29) is 5.92 Å². The van der Waals surface area contributed by atoms with Crippen molar-refractivity contribution in [2.75, 3.05) is 0 Å². The Kier molecular flexibility index (Phi) is 9.31. The first-order valence-corrected chi connectivity index (χ1v) is 22.1. The third-order valence-electron chi connectivity index (χ3n) is 13.0. The Hall–Kier alpha value is -8.26. The number of furan rings is 1. The summed E-state index contributed by atoms with van der Waals surface area (Å²) in [5.74, 6) is 0.0413. The zero-order chi connectivity index (χ0) is 42.4. The molecule has 0 spiro atoms. The minimum atomic E-state index is 0.0413. The Balaban J connectivity index is 0.889. The van der Waals surface area contributed by atoms with Crippen LogP contribution in [0.1, 0.15) is 22.6 Å². The smallest absolute Gasteiger partial charge is 0.136 e. The van der Waals surface area contributed by atoms with Crippen molar-refractivity contribution in [3.05, 3.63) is 265 Å². The van der Waals surface area contributed by atoms with E-state index in [0.717, 1.165) is 27.5 Å². The molecule has 0 atom stereocenters. The van der Waals surface area contributed by atoms with E-state index in [9.17, 15) is 0 Å². The first-order chi connectivity index (χ1) is 31.7. The van der Waals surface area contributed by atoms with E-state index in [0.29, 0.717) is 0 Å². The fourth-order valence-electron chi connectivity index (χ4n) is 9.64. The normalized spacial score (nSPS) is 11.6. The Morgan fingerprint density at radius 1 is 0.219 bits per heavy atom. The van der Waals surface area contributed by atoms with Crippen LogP contribution in [-0.2, 0) is 0 Å². The molecular formula is C63H42O. The first-order valence-electron chi connectivity index (χ1n) is 22.1. The lowest BCUT2D eigenvalue weighted by Crippen LogP contribution is -2.04. The van der Waals surface area contributed by atoms with E-state index >= 15 is 0 Å². The predicted molar refractivity (Wildman–Crippen MR) is 270 cm³/mol. The second kappa shape index (κ2) is 15.9. The van der Waals surface area contributed by atoms with Crippen LogP contribution in [-0.4, -0.2) is 0 Å². The number of rotatable bonds is 8. The van der Waals surface area contributed by atoms with Gasteiger partial charge in [0.2, 0.25) is 0 Å². The van der Waals surface area contributed by atoms with Crippen LogP contribution in [0.25, 0.3) is 99.1 Å². The van der Waals surface area contributed by atoms with Crippen molar-refractivity contribution in [2.24, 2.45) is 0 Å². The summed E-state index contributed by atoms with van der Waals surface area (Å²) in [4.78, 5) is 0. The highest BCUT2D eigenvalue weighted by atomic mass is 16.3. The van der Waals surface area contributed by atoms with Gasteiger partial charge in [0.25, 0.3) is 0 Å². The zero-order valence-corrected chi connectivity index (χ0v) is 35.2. The van der Waals surface area contributed by atoms with Crippen molar-refractivity contribution in [1.82, 2.24) is 0 Å². The van der Waals surface area contributed by atoms with Crippen LogP contribution in [0.4, 0.5) is 0 Å². The highest BCUT2D eigenvalue weighted by molar-refractivity contribution is 6.09. The molecule has 0 saturated carbocycles. The second-order valence-corrected chi connectivity index (χ2v) is 16.9. The number of fused-ring (bicyclic) bond motifs is 6. The summed E-state index contributed by atoms with van der Waals surface area (Å²) in [6.45, 7) is 0. The molecule has 11 aromatic carbocycles. The molecule has 12 aromatic rings. The standard InChI is InChI=1S/C63H42O/c1-3-9-42(10-4-1)44-15-19-46(20-16-44)48-23-27-50(28-24-48)63(51-29-25-49(26-30-51)47-21-17-45(18-22-47)43-11-5-2-6-12-43)56-35-37-58-55(40-56)32-31-54-39-52(33-36-57(54)58)53-34-38-60-59-13-7-8-14-61(59)64-62(60)41-53/h1-41,63H. The monoisotopic (exact) mass is 814 g/mol. The highest BCUT2D eigenvalue weighted by Gasteiger charge is 2.19.